The Bertz CT molecular complexity index is 608. The number of sulfonamides is 1. The molecule has 2 N–H and O–H groups in total. The fourth-order valence-electron chi connectivity index (χ4n) is 1.46. The van der Waals surface area contributed by atoms with Gasteiger partial charge in [0.1, 0.15) is 16.3 Å². The molecular formula is C11H15N3O4S. The van der Waals surface area contributed by atoms with Gasteiger partial charge in [-0.3, -0.25) is 4.79 Å². The summed E-state index contributed by atoms with van der Waals surface area (Å²) in [6.07, 6.45) is 3.31. The highest BCUT2D eigenvalue weighted by Crippen LogP contribution is 2.28. The molecular weight excluding hydrogens is 270 g/mol. The fourth-order valence-corrected chi connectivity index (χ4v) is 2.15. The van der Waals surface area contributed by atoms with Gasteiger partial charge in [0.25, 0.3) is 5.91 Å². The Labute approximate surface area is 111 Å². The lowest BCUT2D eigenvalue weighted by molar-refractivity contribution is 0.0817. The Kier molecular flexibility index (Phi) is 3.46. The van der Waals surface area contributed by atoms with Crippen LogP contribution in [0.1, 0.15) is 23.3 Å². The van der Waals surface area contributed by atoms with E-state index < -0.39 is 15.9 Å². The maximum atomic E-state index is 11.9. The molecule has 1 amide bonds. The fraction of sp³-hybridized carbons (Fsp3) is 0.455. The maximum absolute atomic E-state index is 11.9. The molecule has 19 heavy (non-hydrogen) atoms. The van der Waals surface area contributed by atoms with Crippen molar-refractivity contribution in [1.29, 1.82) is 0 Å². The number of nitrogens with zero attached hydrogens (tertiary/aromatic N) is 2. The highest BCUT2D eigenvalue weighted by atomic mass is 32.2. The largest absolute Gasteiger partial charge is 0.489 e. The number of hydrogen-bond acceptors (Lipinski definition) is 5. The molecule has 2 rings (SSSR count). The number of nitrogens with two attached hydrogens (primary N) is 1. The molecule has 0 atom stereocenters. The van der Waals surface area contributed by atoms with Gasteiger partial charge in [-0.1, -0.05) is 0 Å². The topological polar surface area (TPSA) is 103 Å². The van der Waals surface area contributed by atoms with Gasteiger partial charge in [0.05, 0.1) is 12.3 Å². The smallest absolute Gasteiger partial charge is 0.273 e. The van der Waals surface area contributed by atoms with E-state index in [-0.39, 0.29) is 16.7 Å². The highest BCUT2D eigenvalue weighted by Gasteiger charge is 2.27. The first-order valence-electron chi connectivity index (χ1n) is 5.70. The quantitative estimate of drug-likeness (QED) is 0.837. The van der Waals surface area contributed by atoms with Crippen molar-refractivity contribution < 1.29 is 17.9 Å². The van der Waals surface area contributed by atoms with E-state index in [9.17, 15) is 13.2 Å². The van der Waals surface area contributed by atoms with E-state index in [0.717, 1.165) is 12.8 Å². The molecule has 0 spiro atoms. The van der Waals surface area contributed by atoms with E-state index in [0.29, 0.717) is 5.75 Å². The van der Waals surface area contributed by atoms with Crippen molar-refractivity contribution in [3.8, 4) is 5.75 Å². The average Bonchev–Trinajstić information content (AvgIpc) is 3.10. The van der Waals surface area contributed by atoms with Gasteiger partial charge < -0.3 is 9.64 Å². The Hall–Kier alpha value is -1.67. The zero-order chi connectivity index (χ0) is 14.2. The van der Waals surface area contributed by atoms with Crippen LogP contribution in [0, 0.1) is 0 Å². The second-order valence-corrected chi connectivity index (χ2v) is 6.11. The van der Waals surface area contributed by atoms with Crippen LogP contribution in [0.4, 0.5) is 0 Å². The number of ether oxygens (including phenoxy) is 1. The number of amides is 1. The van der Waals surface area contributed by atoms with Crippen molar-refractivity contribution >= 4 is 15.9 Å². The Morgan fingerprint density at radius 2 is 2.11 bits per heavy atom. The summed E-state index contributed by atoms with van der Waals surface area (Å²) in [6.45, 7) is 0. The predicted molar refractivity (Wildman–Crippen MR) is 67.3 cm³/mol. The lowest BCUT2D eigenvalue weighted by atomic mass is 10.3. The second-order valence-electron chi connectivity index (χ2n) is 4.58. The third kappa shape index (κ3) is 3.21. The predicted octanol–water partition coefficient (Wildman–Crippen LogP) is -0.0280. The molecule has 1 aromatic rings. The zero-order valence-corrected chi connectivity index (χ0v) is 11.5. The molecule has 1 aromatic heterocycles. The number of carbonyl (C=O) groups excluding carboxylic acids is 1. The third-order valence-electron chi connectivity index (χ3n) is 2.57. The Morgan fingerprint density at radius 3 is 2.58 bits per heavy atom. The summed E-state index contributed by atoms with van der Waals surface area (Å²) in [6, 6.07) is 1.25. The van der Waals surface area contributed by atoms with Crippen molar-refractivity contribution in [2.24, 2.45) is 5.14 Å². The minimum absolute atomic E-state index is 0.102. The summed E-state index contributed by atoms with van der Waals surface area (Å²) in [4.78, 5) is 16.7. The minimum atomic E-state index is -4.04. The number of pyridine rings is 1. The van der Waals surface area contributed by atoms with Crippen LogP contribution in [0.3, 0.4) is 0 Å². The number of rotatable bonds is 4. The summed E-state index contributed by atoms with van der Waals surface area (Å²) in [5.74, 6) is -0.219. The first kappa shape index (κ1) is 13.8. The van der Waals surface area contributed by atoms with E-state index in [1.54, 1.807) is 0 Å². The molecule has 1 aliphatic carbocycles. The molecule has 1 heterocycles. The van der Waals surface area contributed by atoms with Crippen molar-refractivity contribution in [2.75, 3.05) is 14.1 Å². The second kappa shape index (κ2) is 4.78. The van der Waals surface area contributed by atoms with Crippen LogP contribution in [-0.4, -0.2) is 44.4 Å². The van der Waals surface area contributed by atoms with Gasteiger partial charge in [-0.05, 0) is 12.8 Å². The summed E-state index contributed by atoms with van der Waals surface area (Å²) >= 11 is 0. The van der Waals surface area contributed by atoms with Gasteiger partial charge in [-0.25, -0.2) is 18.5 Å². The zero-order valence-electron chi connectivity index (χ0n) is 10.7. The number of primary sulfonamides is 1. The molecule has 0 radical (unpaired) electrons. The molecule has 1 fully saturated rings. The third-order valence-corrected chi connectivity index (χ3v) is 3.49. The maximum Gasteiger partial charge on any atom is 0.273 e. The Morgan fingerprint density at radius 1 is 1.47 bits per heavy atom. The first-order chi connectivity index (χ1) is 8.79. The van der Waals surface area contributed by atoms with Crippen LogP contribution < -0.4 is 9.88 Å². The molecule has 0 aliphatic heterocycles. The van der Waals surface area contributed by atoms with Crippen molar-refractivity contribution in [1.82, 2.24) is 9.88 Å². The summed E-state index contributed by atoms with van der Waals surface area (Å²) in [5.41, 5.74) is -0.198. The Balaban J connectivity index is 2.45. The van der Waals surface area contributed by atoms with E-state index in [1.807, 2.05) is 0 Å². The molecule has 8 heteroatoms. The number of carbonyl (C=O) groups is 1. The summed E-state index contributed by atoms with van der Waals surface area (Å²) in [7, 11) is -1.03. The SMILES string of the molecule is CN(C)C(=O)c1ncc(OC2CC2)cc1S(N)(=O)=O. The van der Waals surface area contributed by atoms with Crippen LogP contribution >= 0.6 is 0 Å². The van der Waals surface area contributed by atoms with Crippen LogP contribution in [0.15, 0.2) is 17.2 Å². The molecule has 1 saturated carbocycles. The molecule has 1 aliphatic rings. The normalized spacial score (nSPS) is 15.1. The molecule has 0 bridgehead atoms. The summed E-state index contributed by atoms with van der Waals surface area (Å²) in [5, 5.41) is 5.12. The van der Waals surface area contributed by atoms with E-state index in [4.69, 9.17) is 9.88 Å². The molecule has 104 valence electrons. The standard InChI is InChI=1S/C11H15N3O4S/c1-14(2)11(15)10-9(19(12,16)17)5-8(6-13-10)18-7-3-4-7/h5-7H,3-4H2,1-2H3,(H2,12,16,17). The lowest BCUT2D eigenvalue weighted by Crippen LogP contribution is -2.27. The molecule has 0 unspecified atom stereocenters. The van der Waals surface area contributed by atoms with Crippen molar-refractivity contribution in [3.63, 3.8) is 0 Å². The van der Waals surface area contributed by atoms with Crippen LogP contribution in [0.5, 0.6) is 5.75 Å². The lowest BCUT2D eigenvalue weighted by Gasteiger charge is -2.13. The number of hydrogen-bond donors (Lipinski definition) is 1. The molecule has 7 nitrogen and oxygen atoms in total. The monoisotopic (exact) mass is 285 g/mol. The van der Waals surface area contributed by atoms with E-state index in [1.165, 1.54) is 31.3 Å². The van der Waals surface area contributed by atoms with Gasteiger partial charge in [0.15, 0.2) is 0 Å². The van der Waals surface area contributed by atoms with Crippen molar-refractivity contribution in [3.05, 3.63) is 18.0 Å². The average molecular weight is 285 g/mol. The minimum Gasteiger partial charge on any atom is -0.489 e. The van der Waals surface area contributed by atoms with Crippen LogP contribution in [0.25, 0.3) is 0 Å². The van der Waals surface area contributed by atoms with Gasteiger partial charge in [-0.15, -0.1) is 0 Å². The molecule has 0 aromatic carbocycles. The van der Waals surface area contributed by atoms with Gasteiger partial charge in [0, 0.05) is 20.2 Å². The first-order valence-corrected chi connectivity index (χ1v) is 7.25. The van der Waals surface area contributed by atoms with Gasteiger partial charge in [-0.2, -0.15) is 0 Å². The molecule has 0 saturated heterocycles. The van der Waals surface area contributed by atoms with E-state index >= 15 is 0 Å². The van der Waals surface area contributed by atoms with E-state index in [2.05, 4.69) is 4.98 Å². The summed E-state index contributed by atoms with van der Waals surface area (Å²) < 4.78 is 28.5. The highest BCUT2D eigenvalue weighted by molar-refractivity contribution is 7.89. The number of aromatic nitrogens is 1. The van der Waals surface area contributed by atoms with Crippen LogP contribution in [-0.2, 0) is 10.0 Å². The van der Waals surface area contributed by atoms with Crippen molar-refractivity contribution in [2.45, 2.75) is 23.8 Å². The van der Waals surface area contributed by atoms with Crippen LogP contribution in [0.2, 0.25) is 0 Å². The van der Waals surface area contributed by atoms with Gasteiger partial charge >= 0.3 is 0 Å². The van der Waals surface area contributed by atoms with Gasteiger partial charge in [0.2, 0.25) is 10.0 Å².